The van der Waals surface area contributed by atoms with Gasteiger partial charge in [0.1, 0.15) is 4.36 Å². The SMILES string of the molecule is Cc1ccc([S@@](=O)/C(Cl)=C/c2ccccc2)cc1. The largest absolute Gasteiger partial charge is 0.248 e. The second kappa shape index (κ2) is 5.98. The third kappa shape index (κ3) is 3.31. The minimum Gasteiger partial charge on any atom is -0.248 e. The van der Waals surface area contributed by atoms with Crippen molar-refractivity contribution in [2.45, 2.75) is 11.8 Å². The fourth-order valence-electron chi connectivity index (χ4n) is 1.51. The van der Waals surface area contributed by atoms with Crippen LogP contribution in [0.3, 0.4) is 0 Å². The Morgan fingerprint density at radius 1 is 1.06 bits per heavy atom. The minimum absolute atomic E-state index is 0.338. The summed E-state index contributed by atoms with van der Waals surface area (Å²) in [7, 11) is -1.31. The second-order valence-corrected chi connectivity index (χ2v) is 6.02. The van der Waals surface area contributed by atoms with Crippen LogP contribution in [0.5, 0.6) is 0 Å². The monoisotopic (exact) mass is 276 g/mol. The van der Waals surface area contributed by atoms with Gasteiger partial charge in [0.05, 0.1) is 10.8 Å². The summed E-state index contributed by atoms with van der Waals surface area (Å²) in [5.41, 5.74) is 2.09. The van der Waals surface area contributed by atoms with Gasteiger partial charge < -0.3 is 0 Å². The van der Waals surface area contributed by atoms with Gasteiger partial charge >= 0.3 is 0 Å². The summed E-state index contributed by atoms with van der Waals surface area (Å²) in [5.74, 6) is 0. The number of aryl methyl sites for hydroxylation is 1. The third-order valence-electron chi connectivity index (χ3n) is 2.49. The zero-order valence-corrected chi connectivity index (χ0v) is 11.5. The Morgan fingerprint density at radius 3 is 2.28 bits per heavy atom. The molecule has 0 fully saturated rings. The molecule has 0 N–H and O–H groups in total. The molecule has 0 radical (unpaired) electrons. The van der Waals surface area contributed by atoms with Crippen molar-refractivity contribution >= 4 is 28.5 Å². The molecule has 0 unspecified atom stereocenters. The number of hydrogen-bond acceptors (Lipinski definition) is 1. The Labute approximate surface area is 115 Å². The average Bonchev–Trinajstić information content (AvgIpc) is 2.40. The first-order valence-electron chi connectivity index (χ1n) is 5.57. The zero-order chi connectivity index (χ0) is 13.0. The van der Waals surface area contributed by atoms with Crippen LogP contribution < -0.4 is 0 Å². The molecule has 92 valence electrons. The van der Waals surface area contributed by atoms with Gasteiger partial charge in [-0.25, -0.2) is 4.21 Å². The smallest absolute Gasteiger partial charge is 0.110 e. The summed E-state index contributed by atoms with van der Waals surface area (Å²) in [6.07, 6.45) is 1.73. The standard InChI is InChI=1S/C15H13ClOS/c1-12-7-9-14(10-8-12)18(17)15(16)11-13-5-3-2-4-6-13/h2-11H,1H3/b15-11+/t18-/m1/s1. The van der Waals surface area contributed by atoms with E-state index >= 15 is 0 Å². The van der Waals surface area contributed by atoms with Crippen LogP contribution in [0.1, 0.15) is 11.1 Å². The summed E-state index contributed by atoms with van der Waals surface area (Å²) in [6, 6.07) is 17.2. The van der Waals surface area contributed by atoms with Crippen molar-refractivity contribution in [1.29, 1.82) is 0 Å². The van der Waals surface area contributed by atoms with Crippen LogP contribution in [-0.4, -0.2) is 4.21 Å². The molecule has 2 aromatic carbocycles. The fourth-order valence-corrected chi connectivity index (χ4v) is 2.75. The normalized spacial score (nSPS) is 13.3. The lowest BCUT2D eigenvalue weighted by Gasteiger charge is -2.01. The Hall–Kier alpha value is -1.38. The quantitative estimate of drug-likeness (QED) is 0.815. The Morgan fingerprint density at radius 2 is 1.67 bits per heavy atom. The van der Waals surface area contributed by atoms with Gasteiger partial charge in [-0.2, -0.15) is 0 Å². The van der Waals surface area contributed by atoms with Gasteiger partial charge in [-0.3, -0.25) is 0 Å². The van der Waals surface area contributed by atoms with Crippen LogP contribution in [0, 0.1) is 6.92 Å². The molecule has 2 aromatic rings. The van der Waals surface area contributed by atoms with Crippen LogP contribution in [0.15, 0.2) is 63.9 Å². The third-order valence-corrected chi connectivity index (χ3v) is 4.19. The van der Waals surface area contributed by atoms with Gasteiger partial charge in [-0.05, 0) is 30.7 Å². The molecule has 2 rings (SSSR count). The fraction of sp³-hybridized carbons (Fsp3) is 0.0667. The van der Waals surface area contributed by atoms with E-state index in [1.54, 1.807) is 6.08 Å². The van der Waals surface area contributed by atoms with Crippen molar-refractivity contribution in [3.05, 3.63) is 70.1 Å². The number of rotatable bonds is 3. The van der Waals surface area contributed by atoms with E-state index in [1.165, 1.54) is 0 Å². The highest BCUT2D eigenvalue weighted by molar-refractivity contribution is 7.91. The summed E-state index contributed by atoms with van der Waals surface area (Å²) in [4.78, 5) is 0.720. The zero-order valence-electron chi connectivity index (χ0n) is 9.97. The molecule has 0 amide bonds. The first-order valence-corrected chi connectivity index (χ1v) is 7.10. The predicted octanol–water partition coefficient (Wildman–Crippen LogP) is 4.34. The maximum atomic E-state index is 12.2. The molecule has 0 saturated heterocycles. The maximum Gasteiger partial charge on any atom is 0.110 e. The number of hydrogen-bond donors (Lipinski definition) is 0. The van der Waals surface area contributed by atoms with Crippen molar-refractivity contribution in [1.82, 2.24) is 0 Å². The predicted molar refractivity (Wildman–Crippen MR) is 77.9 cm³/mol. The molecule has 0 aliphatic heterocycles. The molecular weight excluding hydrogens is 264 g/mol. The summed E-state index contributed by atoms with van der Waals surface area (Å²) in [6.45, 7) is 1.99. The average molecular weight is 277 g/mol. The molecule has 0 aromatic heterocycles. The summed E-state index contributed by atoms with van der Waals surface area (Å²) >= 11 is 6.10. The van der Waals surface area contributed by atoms with E-state index in [2.05, 4.69) is 0 Å². The second-order valence-electron chi connectivity index (χ2n) is 3.94. The van der Waals surface area contributed by atoms with E-state index in [-0.39, 0.29) is 0 Å². The van der Waals surface area contributed by atoms with E-state index in [0.29, 0.717) is 4.36 Å². The molecule has 0 heterocycles. The highest BCUT2D eigenvalue weighted by Gasteiger charge is 2.07. The van der Waals surface area contributed by atoms with Crippen LogP contribution in [0.25, 0.3) is 6.08 Å². The van der Waals surface area contributed by atoms with E-state index in [0.717, 1.165) is 16.0 Å². The maximum absolute atomic E-state index is 12.2. The van der Waals surface area contributed by atoms with Gasteiger partial charge in [0.15, 0.2) is 0 Å². The van der Waals surface area contributed by atoms with E-state index in [1.807, 2.05) is 61.5 Å². The Kier molecular flexibility index (Phi) is 4.34. The molecular formula is C15H13ClOS. The molecule has 1 nitrogen and oxygen atoms in total. The summed E-state index contributed by atoms with van der Waals surface area (Å²) < 4.78 is 12.5. The molecule has 0 aliphatic carbocycles. The first-order chi connectivity index (χ1) is 8.66. The molecule has 0 spiro atoms. The lowest BCUT2D eigenvalue weighted by atomic mass is 10.2. The molecule has 18 heavy (non-hydrogen) atoms. The molecule has 0 aliphatic rings. The highest BCUT2D eigenvalue weighted by Crippen LogP contribution is 2.20. The van der Waals surface area contributed by atoms with Gasteiger partial charge in [0.2, 0.25) is 0 Å². The minimum atomic E-state index is -1.31. The summed E-state index contributed by atoms with van der Waals surface area (Å²) in [5, 5.41) is 0. The number of benzene rings is 2. The van der Waals surface area contributed by atoms with Gasteiger partial charge in [-0.15, -0.1) is 0 Å². The molecule has 3 heteroatoms. The van der Waals surface area contributed by atoms with Crippen LogP contribution in [0.2, 0.25) is 0 Å². The van der Waals surface area contributed by atoms with Gasteiger partial charge in [-0.1, -0.05) is 59.6 Å². The topological polar surface area (TPSA) is 17.1 Å². The Balaban J connectivity index is 2.24. The van der Waals surface area contributed by atoms with Crippen LogP contribution >= 0.6 is 11.6 Å². The van der Waals surface area contributed by atoms with Crippen LogP contribution in [-0.2, 0) is 10.8 Å². The van der Waals surface area contributed by atoms with E-state index in [4.69, 9.17) is 11.6 Å². The van der Waals surface area contributed by atoms with Gasteiger partial charge in [0, 0.05) is 4.90 Å². The van der Waals surface area contributed by atoms with Crippen molar-refractivity contribution in [2.24, 2.45) is 0 Å². The van der Waals surface area contributed by atoms with Crippen molar-refractivity contribution in [2.75, 3.05) is 0 Å². The van der Waals surface area contributed by atoms with Gasteiger partial charge in [0.25, 0.3) is 0 Å². The van der Waals surface area contributed by atoms with E-state index in [9.17, 15) is 4.21 Å². The van der Waals surface area contributed by atoms with Crippen molar-refractivity contribution < 1.29 is 4.21 Å². The lowest BCUT2D eigenvalue weighted by molar-refractivity contribution is 0.688. The highest BCUT2D eigenvalue weighted by atomic mass is 35.5. The van der Waals surface area contributed by atoms with Crippen molar-refractivity contribution in [3.63, 3.8) is 0 Å². The lowest BCUT2D eigenvalue weighted by Crippen LogP contribution is -1.91. The van der Waals surface area contributed by atoms with E-state index < -0.39 is 10.8 Å². The Bertz CT molecular complexity index is 573. The van der Waals surface area contributed by atoms with Crippen LogP contribution in [0.4, 0.5) is 0 Å². The molecule has 0 saturated carbocycles. The molecule has 1 atom stereocenters. The first kappa shape index (κ1) is 13.1. The number of halogens is 1. The van der Waals surface area contributed by atoms with Crippen molar-refractivity contribution in [3.8, 4) is 0 Å². The molecule has 0 bridgehead atoms.